The second-order valence-corrected chi connectivity index (χ2v) is 22.7. The van der Waals surface area contributed by atoms with E-state index in [2.05, 4.69) is 11.4 Å². The molecule has 0 saturated carbocycles. The molecular formula is C56H91N5O13. The zero-order valence-corrected chi connectivity index (χ0v) is 46.6. The smallest absolute Gasteiger partial charge is 0.317 e. The molecule has 3 fully saturated rings. The number of carbonyl (C=O) groups excluding carboxylic acids is 2. The van der Waals surface area contributed by atoms with Crippen LogP contribution in [0.5, 0.6) is 0 Å². The van der Waals surface area contributed by atoms with Crippen molar-refractivity contribution < 1.29 is 63.5 Å². The van der Waals surface area contributed by atoms with Gasteiger partial charge in [0.1, 0.15) is 30.0 Å². The number of urea groups is 1. The first-order valence-corrected chi connectivity index (χ1v) is 26.9. The Bertz CT molecular complexity index is 2150. The van der Waals surface area contributed by atoms with Crippen molar-refractivity contribution >= 4 is 22.8 Å². The normalized spacial score (nSPS) is 38.6. The van der Waals surface area contributed by atoms with E-state index in [9.17, 15) is 40.4 Å². The number of hydrogen-bond acceptors (Lipinski definition) is 16. The van der Waals surface area contributed by atoms with Crippen LogP contribution in [0.25, 0.3) is 10.8 Å². The van der Waals surface area contributed by atoms with E-state index in [1.54, 1.807) is 53.4 Å². The summed E-state index contributed by atoms with van der Waals surface area (Å²) >= 11 is 0. The van der Waals surface area contributed by atoms with Crippen molar-refractivity contribution in [2.75, 3.05) is 47.4 Å². The minimum Gasteiger partial charge on any atom is -0.459 e. The third kappa shape index (κ3) is 14.5. The van der Waals surface area contributed by atoms with Crippen LogP contribution in [-0.2, 0) is 33.2 Å². The lowest BCUT2D eigenvalue weighted by molar-refractivity contribution is -0.318. The number of nitrogens with one attached hydrogen (secondary N) is 1. The molecular weight excluding hydrogens is 951 g/mol. The number of cyclic esters (lactones) is 1. The fraction of sp³-hybridized carbons (Fsp3) is 0.768. The summed E-state index contributed by atoms with van der Waals surface area (Å²) in [5, 5.41) is 75.4. The molecule has 0 bridgehead atoms. The number of nitriles is 1. The molecule has 2 aromatic rings. The second-order valence-electron chi connectivity index (χ2n) is 22.7. The van der Waals surface area contributed by atoms with Gasteiger partial charge in [0.25, 0.3) is 0 Å². The Labute approximate surface area is 440 Å². The van der Waals surface area contributed by atoms with Crippen LogP contribution in [0, 0.1) is 29.1 Å². The quantitative estimate of drug-likeness (QED) is 0.121. The number of methoxy groups -OCH3 is 1. The Hall–Kier alpha value is -3.55. The Morgan fingerprint density at radius 3 is 2.28 bits per heavy atom. The molecule has 6 N–H and O–H groups in total. The number of benzene rings is 2. The summed E-state index contributed by atoms with van der Waals surface area (Å²) in [7, 11) is 5.24. The molecule has 2 aromatic carbocycles. The van der Waals surface area contributed by atoms with Gasteiger partial charge < -0.3 is 69.1 Å². The van der Waals surface area contributed by atoms with Gasteiger partial charge >= 0.3 is 12.0 Å². The highest BCUT2D eigenvalue weighted by Crippen LogP contribution is 2.40. The molecule has 0 radical (unpaired) electrons. The summed E-state index contributed by atoms with van der Waals surface area (Å²) in [6, 6.07) is 14.4. The molecule has 3 saturated heterocycles. The van der Waals surface area contributed by atoms with Crippen molar-refractivity contribution in [3.63, 3.8) is 0 Å². The zero-order valence-electron chi connectivity index (χ0n) is 46.6. The maximum Gasteiger partial charge on any atom is 0.317 e. The van der Waals surface area contributed by atoms with E-state index >= 15 is 0 Å². The molecule has 418 valence electrons. The first kappa shape index (κ1) is 61.3. The third-order valence-corrected chi connectivity index (χ3v) is 16.3. The highest BCUT2D eigenvalue weighted by atomic mass is 16.7. The van der Waals surface area contributed by atoms with Crippen LogP contribution in [0.2, 0.25) is 0 Å². The van der Waals surface area contributed by atoms with Crippen molar-refractivity contribution in [2.24, 2.45) is 17.8 Å². The monoisotopic (exact) mass is 1040 g/mol. The average molecular weight is 1040 g/mol. The lowest BCUT2D eigenvalue weighted by Gasteiger charge is -2.48. The highest BCUT2D eigenvalue weighted by Gasteiger charge is 2.53. The van der Waals surface area contributed by atoms with E-state index < -0.39 is 96.0 Å². The number of nitrogens with zero attached hydrogens (tertiary/aromatic N) is 4. The Balaban J connectivity index is 1.50. The van der Waals surface area contributed by atoms with Crippen LogP contribution in [0.1, 0.15) is 126 Å². The summed E-state index contributed by atoms with van der Waals surface area (Å²) in [6.45, 7) is 20.5. The minimum atomic E-state index is -1.97. The molecule has 5 rings (SSSR count). The number of fused-ring (bicyclic) bond motifs is 1. The van der Waals surface area contributed by atoms with Crippen LogP contribution >= 0.6 is 0 Å². The number of hydrogen-bond donors (Lipinski definition) is 6. The summed E-state index contributed by atoms with van der Waals surface area (Å²) < 4.78 is 38.3. The van der Waals surface area contributed by atoms with Gasteiger partial charge in [-0.15, -0.1) is 0 Å². The summed E-state index contributed by atoms with van der Waals surface area (Å²) in [5.74, 6) is -3.00. The Morgan fingerprint density at radius 1 is 0.959 bits per heavy atom. The highest BCUT2D eigenvalue weighted by molar-refractivity contribution is 5.86. The Kier molecular flexibility index (Phi) is 21.7. The second kappa shape index (κ2) is 26.2. The lowest BCUT2D eigenvalue weighted by atomic mass is 9.77. The van der Waals surface area contributed by atoms with Gasteiger partial charge in [0, 0.05) is 57.7 Å². The van der Waals surface area contributed by atoms with E-state index in [1.165, 1.54) is 14.0 Å². The molecule has 1 unspecified atom stereocenters. The van der Waals surface area contributed by atoms with Crippen molar-refractivity contribution in [1.29, 1.82) is 5.26 Å². The molecule has 74 heavy (non-hydrogen) atoms. The van der Waals surface area contributed by atoms with E-state index in [1.807, 2.05) is 87.1 Å². The maximum atomic E-state index is 14.7. The van der Waals surface area contributed by atoms with Crippen LogP contribution < -0.4 is 5.32 Å². The van der Waals surface area contributed by atoms with Crippen molar-refractivity contribution in [2.45, 2.75) is 211 Å². The Morgan fingerprint density at radius 2 is 1.64 bits per heavy atom. The lowest BCUT2D eigenvalue weighted by Crippen LogP contribution is -2.60. The minimum absolute atomic E-state index is 0.0859. The summed E-state index contributed by atoms with van der Waals surface area (Å²) in [4.78, 5) is 34.2. The molecule has 2 amide bonds. The first-order chi connectivity index (χ1) is 34.7. The van der Waals surface area contributed by atoms with E-state index in [0.29, 0.717) is 25.9 Å². The molecule has 3 aliphatic heterocycles. The van der Waals surface area contributed by atoms with E-state index in [4.69, 9.17) is 28.4 Å². The van der Waals surface area contributed by atoms with Gasteiger partial charge in [-0.25, -0.2) is 4.79 Å². The van der Waals surface area contributed by atoms with Gasteiger partial charge in [0.05, 0.1) is 60.1 Å². The molecule has 18 heteroatoms. The number of likely N-dealkylation sites (N-methyl/N-ethyl adjacent to an activating group) is 1. The topological polar surface area (TPSA) is 236 Å². The average Bonchev–Trinajstić information content (AvgIpc) is 3.35. The van der Waals surface area contributed by atoms with Gasteiger partial charge in [0.2, 0.25) is 0 Å². The number of aliphatic hydroxyl groups is 5. The van der Waals surface area contributed by atoms with Crippen molar-refractivity contribution in [3.05, 3.63) is 48.0 Å². The predicted molar refractivity (Wildman–Crippen MR) is 280 cm³/mol. The first-order valence-electron chi connectivity index (χ1n) is 26.9. The van der Waals surface area contributed by atoms with Gasteiger partial charge in [0.15, 0.2) is 12.6 Å². The summed E-state index contributed by atoms with van der Waals surface area (Å²) in [5.41, 5.74) is -3.77. The number of carbonyl (C=O) groups is 2. The van der Waals surface area contributed by atoms with Gasteiger partial charge in [-0.2, -0.15) is 5.26 Å². The molecule has 19 atom stereocenters. The van der Waals surface area contributed by atoms with Gasteiger partial charge in [-0.3, -0.25) is 9.69 Å². The number of esters is 1. The predicted octanol–water partition coefficient (Wildman–Crippen LogP) is 5.50. The third-order valence-electron chi connectivity index (χ3n) is 16.3. The van der Waals surface area contributed by atoms with E-state index in [0.717, 1.165) is 16.3 Å². The SMILES string of the molecule is CC[C@H]1OC(=O)[C@H](C)[C@@H](O[C@@H]2C[C@@](C)(OC)[C@@H](O)[C@H](C)O2)[C@H](C)[C@@H](O[C@@H]2O[C@H](C)C[C@H](N(C)C)[C@H]2O)[C@](C)(O)C[C@@H](C)CN(CCCN(CCC#N)C(=O)NC(C)c2cccc3ccccc23)[C@H](C)[C@@H](O)[C@]1(C)O. The molecule has 0 aliphatic carbocycles. The van der Waals surface area contributed by atoms with Crippen molar-refractivity contribution in [3.8, 4) is 6.07 Å². The largest absolute Gasteiger partial charge is 0.459 e. The fourth-order valence-electron chi connectivity index (χ4n) is 11.8. The molecule has 0 spiro atoms. The van der Waals surface area contributed by atoms with Crippen LogP contribution in [0.3, 0.4) is 0 Å². The van der Waals surface area contributed by atoms with Crippen LogP contribution in [0.15, 0.2) is 42.5 Å². The van der Waals surface area contributed by atoms with Crippen LogP contribution in [-0.4, -0.2) is 190 Å². The van der Waals surface area contributed by atoms with Crippen molar-refractivity contribution in [1.82, 2.24) is 20.0 Å². The standard InChI is InChI=1S/C56H91N5O13/c1-15-44-56(11,68)48(63)38(7)61(28-20-27-60(26-19-25-57)53(66)58-37(6)41-24-18-22-40-21-16-17-23-42(40)41)32-33(2)30-54(9,67)50(74-52-46(62)43(59(12)13)29-34(3)70-52)35(4)47(36(5)51(65)72-44)73-45-31-55(10,69-14)49(64)39(8)71-45/h16-18,21-24,33-39,43-50,52,62-64,67-68H,15,19-20,26-32H2,1-14H3,(H,58,66)/t33-,34-,35+,36-,37?,38-,39+,43+,44-,45-,46-,47+,48-,49+,50-,52+,54-,55-,56-/m1/s1. The van der Waals surface area contributed by atoms with Gasteiger partial charge in [-0.1, -0.05) is 63.2 Å². The van der Waals surface area contributed by atoms with E-state index in [-0.39, 0.29) is 68.9 Å². The molecule has 3 heterocycles. The number of ether oxygens (including phenoxy) is 6. The zero-order chi connectivity index (χ0) is 55.0. The number of amides is 2. The number of rotatable bonds is 15. The molecule has 0 aromatic heterocycles. The van der Waals surface area contributed by atoms with Gasteiger partial charge in [-0.05, 0) is 117 Å². The number of aliphatic hydroxyl groups excluding tert-OH is 3. The summed E-state index contributed by atoms with van der Waals surface area (Å²) in [6.07, 6.45) is -8.84. The fourth-order valence-corrected chi connectivity index (χ4v) is 11.8. The van der Waals surface area contributed by atoms with Crippen LogP contribution in [0.4, 0.5) is 4.79 Å². The molecule has 3 aliphatic rings. The molecule has 18 nitrogen and oxygen atoms in total. The maximum absolute atomic E-state index is 14.7.